The highest BCUT2D eigenvalue weighted by atomic mass is 15.0. The van der Waals surface area contributed by atoms with Gasteiger partial charge in [-0.05, 0) is 51.2 Å². The highest BCUT2D eigenvalue weighted by molar-refractivity contribution is 4.81. The van der Waals surface area contributed by atoms with E-state index in [4.69, 9.17) is 0 Å². The van der Waals surface area contributed by atoms with E-state index < -0.39 is 0 Å². The topological polar surface area (TPSA) is 3.24 Å². The summed E-state index contributed by atoms with van der Waals surface area (Å²) < 4.78 is 0. The average molecular weight is 183 g/mol. The molecule has 0 bridgehead atoms. The predicted octanol–water partition coefficient (Wildman–Crippen LogP) is 3.15. The van der Waals surface area contributed by atoms with Crippen LogP contribution in [0.15, 0.2) is 0 Å². The van der Waals surface area contributed by atoms with Gasteiger partial charge in [-0.3, -0.25) is 0 Å². The minimum Gasteiger partial charge on any atom is -0.309 e. The number of rotatable bonds is 3. The van der Waals surface area contributed by atoms with Crippen LogP contribution in [0.4, 0.5) is 0 Å². The highest BCUT2D eigenvalue weighted by Crippen LogP contribution is 2.40. The molecule has 1 aliphatic carbocycles. The summed E-state index contributed by atoms with van der Waals surface area (Å²) >= 11 is 0. The number of hydrogen-bond acceptors (Lipinski definition) is 1. The van der Waals surface area contributed by atoms with Crippen molar-refractivity contribution in [2.45, 2.75) is 46.0 Å². The van der Waals surface area contributed by atoms with Gasteiger partial charge in [0, 0.05) is 0 Å². The van der Waals surface area contributed by atoms with Crippen LogP contribution in [0.25, 0.3) is 0 Å². The Hall–Kier alpha value is -0.0400. The van der Waals surface area contributed by atoms with E-state index in [-0.39, 0.29) is 0 Å². The molecule has 1 nitrogen and oxygen atoms in total. The molecule has 1 aliphatic rings. The molecule has 0 aliphatic heterocycles. The largest absolute Gasteiger partial charge is 0.309 e. The molecule has 0 radical (unpaired) electrons. The Morgan fingerprint density at radius 3 is 2.23 bits per heavy atom. The van der Waals surface area contributed by atoms with Crippen LogP contribution in [0.3, 0.4) is 0 Å². The molecule has 0 spiro atoms. The van der Waals surface area contributed by atoms with E-state index in [9.17, 15) is 0 Å². The molecule has 0 saturated heterocycles. The molecule has 1 saturated carbocycles. The van der Waals surface area contributed by atoms with Crippen molar-refractivity contribution in [1.82, 2.24) is 4.90 Å². The van der Waals surface area contributed by atoms with Crippen molar-refractivity contribution in [3.63, 3.8) is 0 Å². The third-order valence-electron chi connectivity index (χ3n) is 3.64. The lowest BCUT2D eigenvalue weighted by molar-refractivity contribution is 0.149. The Morgan fingerprint density at radius 2 is 1.77 bits per heavy atom. The molecule has 0 atom stereocenters. The third-order valence-corrected chi connectivity index (χ3v) is 3.64. The fourth-order valence-corrected chi connectivity index (χ4v) is 2.20. The third kappa shape index (κ3) is 3.68. The molecule has 0 aromatic rings. The summed E-state index contributed by atoms with van der Waals surface area (Å²) in [5.74, 6) is 0.979. The van der Waals surface area contributed by atoms with Crippen LogP contribution in [0.1, 0.15) is 46.0 Å². The van der Waals surface area contributed by atoms with E-state index in [1.165, 1.54) is 38.6 Å². The minimum absolute atomic E-state index is 0.650. The Labute approximate surface area is 83.5 Å². The van der Waals surface area contributed by atoms with Crippen LogP contribution < -0.4 is 0 Å². The Bertz CT molecular complexity index is 143. The normalized spacial score (nSPS) is 35.3. The zero-order valence-corrected chi connectivity index (χ0v) is 9.77. The summed E-state index contributed by atoms with van der Waals surface area (Å²) in [5.41, 5.74) is 0.650. The van der Waals surface area contributed by atoms with Crippen molar-refractivity contribution in [1.29, 1.82) is 0 Å². The smallest absolute Gasteiger partial charge is 0.00196 e. The van der Waals surface area contributed by atoms with Gasteiger partial charge in [0.05, 0.1) is 0 Å². The van der Waals surface area contributed by atoms with Crippen molar-refractivity contribution >= 4 is 0 Å². The first-order valence-electron chi connectivity index (χ1n) is 5.67. The van der Waals surface area contributed by atoms with Crippen molar-refractivity contribution in [2.24, 2.45) is 11.3 Å². The first-order valence-corrected chi connectivity index (χ1v) is 5.67. The first kappa shape index (κ1) is 11.0. The standard InChI is InChI=1S/C12H25N/c1-11-5-7-12(2,8-6-11)9-10-13(3)4/h11H,5-10H2,1-4H3. The fourth-order valence-electron chi connectivity index (χ4n) is 2.20. The van der Waals surface area contributed by atoms with Gasteiger partial charge in [0.15, 0.2) is 0 Å². The lowest BCUT2D eigenvalue weighted by Crippen LogP contribution is -2.28. The van der Waals surface area contributed by atoms with Crippen LogP contribution >= 0.6 is 0 Å². The van der Waals surface area contributed by atoms with E-state index >= 15 is 0 Å². The van der Waals surface area contributed by atoms with Gasteiger partial charge in [-0.2, -0.15) is 0 Å². The monoisotopic (exact) mass is 183 g/mol. The van der Waals surface area contributed by atoms with Gasteiger partial charge in [-0.15, -0.1) is 0 Å². The summed E-state index contributed by atoms with van der Waals surface area (Å²) in [4.78, 5) is 2.31. The minimum atomic E-state index is 0.650. The van der Waals surface area contributed by atoms with Crippen molar-refractivity contribution in [2.75, 3.05) is 20.6 Å². The first-order chi connectivity index (χ1) is 6.02. The lowest BCUT2D eigenvalue weighted by Gasteiger charge is -2.37. The molecule has 0 aromatic carbocycles. The van der Waals surface area contributed by atoms with Gasteiger partial charge in [-0.1, -0.05) is 26.7 Å². The molecule has 0 aromatic heterocycles. The second-order valence-electron chi connectivity index (χ2n) is 5.55. The van der Waals surface area contributed by atoms with Crippen LogP contribution in [-0.4, -0.2) is 25.5 Å². The van der Waals surface area contributed by atoms with Crippen molar-refractivity contribution in [3.05, 3.63) is 0 Å². The highest BCUT2D eigenvalue weighted by Gasteiger charge is 2.28. The van der Waals surface area contributed by atoms with Crippen LogP contribution in [0.2, 0.25) is 0 Å². The Morgan fingerprint density at radius 1 is 1.23 bits per heavy atom. The maximum absolute atomic E-state index is 2.47. The van der Waals surface area contributed by atoms with Gasteiger partial charge < -0.3 is 4.90 Å². The summed E-state index contributed by atoms with van der Waals surface area (Å²) in [5, 5.41) is 0. The van der Waals surface area contributed by atoms with Gasteiger partial charge in [-0.25, -0.2) is 0 Å². The summed E-state index contributed by atoms with van der Waals surface area (Å²) in [6.45, 7) is 6.12. The van der Waals surface area contributed by atoms with Gasteiger partial charge >= 0.3 is 0 Å². The summed E-state index contributed by atoms with van der Waals surface area (Å²) in [6.07, 6.45) is 7.17. The maximum atomic E-state index is 2.47. The second kappa shape index (κ2) is 4.45. The van der Waals surface area contributed by atoms with Gasteiger partial charge in [0.2, 0.25) is 0 Å². The molecule has 13 heavy (non-hydrogen) atoms. The van der Waals surface area contributed by atoms with Gasteiger partial charge in [0.25, 0.3) is 0 Å². The molecule has 0 heterocycles. The van der Waals surface area contributed by atoms with Crippen molar-refractivity contribution in [3.8, 4) is 0 Å². The zero-order chi connectivity index (χ0) is 9.90. The van der Waals surface area contributed by atoms with E-state index in [1.54, 1.807) is 0 Å². The Kier molecular flexibility index (Phi) is 3.78. The molecule has 78 valence electrons. The van der Waals surface area contributed by atoms with Crippen LogP contribution in [0.5, 0.6) is 0 Å². The fraction of sp³-hybridized carbons (Fsp3) is 1.00. The Balaban J connectivity index is 2.30. The van der Waals surface area contributed by atoms with Crippen molar-refractivity contribution < 1.29 is 0 Å². The zero-order valence-electron chi connectivity index (χ0n) is 9.77. The molecular formula is C12H25N. The van der Waals surface area contributed by atoms with Gasteiger partial charge in [0.1, 0.15) is 0 Å². The summed E-state index contributed by atoms with van der Waals surface area (Å²) in [6, 6.07) is 0. The molecular weight excluding hydrogens is 158 g/mol. The van der Waals surface area contributed by atoms with E-state index in [1.807, 2.05) is 0 Å². The van der Waals surface area contributed by atoms with Crippen LogP contribution in [0, 0.1) is 11.3 Å². The number of hydrogen-bond donors (Lipinski definition) is 0. The molecule has 0 amide bonds. The molecule has 1 heteroatoms. The summed E-state index contributed by atoms with van der Waals surface area (Å²) in [7, 11) is 4.35. The quantitative estimate of drug-likeness (QED) is 0.649. The lowest BCUT2D eigenvalue weighted by atomic mass is 9.70. The molecule has 1 rings (SSSR count). The SMILES string of the molecule is CC1CCC(C)(CCN(C)C)CC1. The maximum Gasteiger partial charge on any atom is -0.00196 e. The van der Waals surface area contributed by atoms with E-state index in [2.05, 4.69) is 32.8 Å². The predicted molar refractivity (Wildman–Crippen MR) is 58.9 cm³/mol. The molecule has 0 N–H and O–H groups in total. The van der Waals surface area contributed by atoms with E-state index in [0.717, 1.165) is 5.92 Å². The van der Waals surface area contributed by atoms with Crippen LogP contribution in [-0.2, 0) is 0 Å². The second-order valence-corrected chi connectivity index (χ2v) is 5.55. The number of nitrogens with zero attached hydrogens (tertiary/aromatic N) is 1. The average Bonchev–Trinajstić information content (AvgIpc) is 2.08. The van der Waals surface area contributed by atoms with E-state index in [0.29, 0.717) is 5.41 Å². The molecule has 1 fully saturated rings. The molecule has 0 unspecified atom stereocenters.